The molecule has 8 nitrogen and oxygen atoms in total. The third-order valence-corrected chi connectivity index (χ3v) is 7.13. The Bertz CT molecular complexity index is 958. The first kappa shape index (κ1) is 22.1. The summed E-state index contributed by atoms with van der Waals surface area (Å²) in [5, 5.41) is 15.0. The number of carbonyl (C=O) groups is 3. The highest BCUT2D eigenvalue weighted by Gasteiger charge is 2.69. The quantitative estimate of drug-likeness (QED) is 0.660. The molecule has 2 heterocycles. The zero-order valence-electron chi connectivity index (χ0n) is 18.1. The predicted octanol–water partition coefficient (Wildman–Crippen LogP) is 1.22. The average Bonchev–Trinajstić information content (AvgIpc) is 3.13. The minimum absolute atomic E-state index is 0.00592. The van der Waals surface area contributed by atoms with Crippen molar-refractivity contribution in [1.82, 2.24) is 15.5 Å². The number of fused-ring (bicyclic) bond motifs is 1. The molecule has 2 aliphatic heterocycles. The van der Waals surface area contributed by atoms with Crippen molar-refractivity contribution in [2.24, 2.45) is 23.2 Å². The Morgan fingerprint density at radius 1 is 1.38 bits per heavy atom. The summed E-state index contributed by atoms with van der Waals surface area (Å²) in [6.45, 7) is 4.91. The molecule has 0 unspecified atom stereocenters. The van der Waals surface area contributed by atoms with Crippen molar-refractivity contribution in [2.45, 2.75) is 38.8 Å². The van der Waals surface area contributed by atoms with Crippen molar-refractivity contribution >= 4 is 17.7 Å². The van der Waals surface area contributed by atoms with E-state index in [-0.39, 0.29) is 53.9 Å². The van der Waals surface area contributed by atoms with E-state index in [2.05, 4.69) is 30.6 Å². The largest absolute Gasteiger partial charge is 0.484 e. The summed E-state index contributed by atoms with van der Waals surface area (Å²) < 4.78 is 18.5. The number of nitrogens with one attached hydrogen (secondary N) is 2. The number of hydrogen-bond acceptors (Lipinski definition) is 5. The topological polar surface area (TPSA) is 112 Å². The first-order chi connectivity index (χ1) is 15.2. The molecule has 1 aromatic rings. The number of benzene rings is 1. The van der Waals surface area contributed by atoms with E-state index in [0.29, 0.717) is 25.3 Å². The van der Waals surface area contributed by atoms with Crippen molar-refractivity contribution in [3.63, 3.8) is 0 Å². The fraction of sp³-hybridized carbons (Fsp3) is 0.565. The predicted molar refractivity (Wildman–Crippen MR) is 111 cm³/mol. The van der Waals surface area contributed by atoms with Gasteiger partial charge in [0, 0.05) is 19.0 Å². The minimum Gasteiger partial charge on any atom is -0.484 e. The van der Waals surface area contributed by atoms with E-state index in [0.717, 1.165) is 0 Å². The Kier molecular flexibility index (Phi) is 5.80. The number of halogens is 1. The Morgan fingerprint density at radius 3 is 2.72 bits per heavy atom. The van der Waals surface area contributed by atoms with E-state index < -0.39 is 17.9 Å². The van der Waals surface area contributed by atoms with Crippen molar-refractivity contribution in [3.8, 4) is 11.8 Å². The van der Waals surface area contributed by atoms with Gasteiger partial charge in [0.25, 0.3) is 5.91 Å². The maximum Gasteiger partial charge on any atom is 0.261 e. The first-order valence-electron chi connectivity index (χ1n) is 10.9. The molecule has 9 heteroatoms. The van der Waals surface area contributed by atoms with Gasteiger partial charge in [0.2, 0.25) is 11.8 Å². The summed E-state index contributed by atoms with van der Waals surface area (Å²) in [6, 6.07) is 5.96. The molecule has 1 aliphatic carbocycles. The molecule has 0 radical (unpaired) electrons. The number of amides is 3. The summed E-state index contributed by atoms with van der Waals surface area (Å²) in [5.74, 6) is -0.923. The molecular formula is C23H27FN4O4. The highest BCUT2D eigenvalue weighted by atomic mass is 19.1. The van der Waals surface area contributed by atoms with Crippen LogP contribution < -0.4 is 15.4 Å². The van der Waals surface area contributed by atoms with Crippen molar-refractivity contribution in [1.29, 1.82) is 5.26 Å². The van der Waals surface area contributed by atoms with Crippen LogP contribution in [0, 0.1) is 40.3 Å². The normalized spacial score (nSPS) is 28.3. The van der Waals surface area contributed by atoms with Gasteiger partial charge in [-0.15, -0.1) is 0 Å². The van der Waals surface area contributed by atoms with E-state index in [9.17, 15) is 24.0 Å². The second-order valence-corrected chi connectivity index (χ2v) is 9.39. The zero-order chi connectivity index (χ0) is 23.0. The third-order valence-electron chi connectivity index (χ3n) is 7.13. The molecule has 0 bridgehead atoms. The number of nitrogens with zero attached hydrogens (tertiary/aromatic N) is 2. The molecule has 170 valence electrons. The average molecular weight is 442 g/mol. The van der Waals surface area contributed by atoms with Crippen LogP contribution >= 0.6 is 0 Å². The van der Waals surface area contributed by atoms with Gasteiger partial charge in [-0.3, -0.25) is 14.4 Å². The van der Waals surface area contributed by atoms with Crippen LogP contribution in [-0.4, -0.2) is 54.4 Å². The zero-order valence-corrected chi connectivity index (χ0v) is 18.1. The number of likely N-dealkylation sites (tertiary alicyclic amines) is 1. The molecule has 0 aromatic heterocycles. The lowest BCUT2D eigenvalue weighted by atomic mass is 9.97. The van der Waals surface area contributed by atoms with E-state index in [1.807, 2.05) is 0 Å². The van der Waals surface area contributed by atoms with Crippen LogP contribution in [0.4, 0.5) is 4.39 Å². The van der Waals surface area contributed by atoms with Crippen LogP contribution in [0.2, 0.25) is 0 Å². The molecule has 0 spiro atoms. The number of rotatable bonds is 7. The van der Waals surface area contributed by atoms with Crippen LogP contribution in [-0.2, 0) is 14.4 Å². The standard InChI is InChI=1S/C23H27FN4O4/c1-23(2)17-11-28(18(29)12-32-16-5-3-14(24)4-6-16)20(19(17)23)22(31)27-15(10-25)9-13-7-8-26-21(13)30/h3-6,13,15,17,19-20H,7-9,11-12H2,1-2H3,(H,26,30)(H,27,31)/t13-,15-,17-,19-,20-/m0/s1. The van der Waals surface area contributed by atoms with E-state index in [1.165, 1.54) is 29.2 Å². The lowest BCUT2D eigenvalue weighted by molar-refractivity contribution is -0.142. The number of nitriles is 1. The number of carbonyl (C=O) groups excluding carboxylic acids is 3. The lowest BCUT2D eigenvalue weighted by Crippen LogP contribution is -2.53. The van der Waals surface area contributed by atoms with Crippen LogP contribution in [0.3, 0.4) is 0 Å². The van der Waals surface area contributed by atoms with Gasteiger partial charge in [-0.25, -0.2) is 4.39 Å². The lowest BCUT2D eigenvalue weighted by Gasteiger charge is -2.30. The summed E-state index contributed by atoms with van der Waals surface area (Å²) in [7, 11) is 0. The van der Waals surface area contributed by atoms with E-state index in [4.69, 9.17) is 4.74 Å². The Balaban J connectivity index is 1.41. The summed E-state index contributed by atoms with van der Waals surface area (Å²) in [5.41, 5.74) is -0.0654. The number of ether oxygens (including phenoxy) is 1. The summed E-state index contributed by atoms with van der Waals surface area (Å²) in [4.78, 5) is 39.4. The molecule has 3 fully saturated rings. The number of hydrogen-bond donors (Lipinski definition) is 2. The van der Waals surface area contributed by atoms with Gasteiger partial charge in [-0.1, -0.05) is 13.8 Å². The smallest absolute Gasteiger partial charge is 0.261 e. The van der Waals surface area contributed by atoms with Gasteiger partial charge < -0.3 is 20.3 Å². The third kappa shape index (κ3) is 4.14. The molecule has 3 aliphatic rings. The van der Waals surface area contributed by atoms with Gasteiger partial charge in [0.05, 0.1) is 6.07 Å². The van der Waals surface area contributed by atoms with E-state index >= 15 is 0 Å². The van der Waals surface area contributed by atoms with Crippen molar-refractivity contribution in [2.75, 3.05) is 19.7 Å². The molecule has 2 N–H and O–H groups in total. The fourth-order valence-corrected chi connectivity index (χ4v) is 5.16. The molecule has 5 atom stereocenters. The molecule has 1 aromatic carbocycles. The highest BCUT2D eigenvalue weighted by Crippen LogP contribution is 2.64. The second kappa shape index (κ2) is 8.41. The minimum atomic E-state index is -0.801. The van der Waals surface area contributed by atoms with E-state index in [1.54, 1.807) is 0 Å². The number of piperidine rings is 1. The molecule has 3 amide bonds. The molecule has 1 saturated carbocycles. The first-order valence-corrected chi connectivity index (χ1v) is 10.9. The Hall–Kier alpha value is -3.15. The van der Waals surface area contributed by atoms with Crippen LogP contribution in [0.25, 0.3) is 0 Å². The van der Waals surface area contributed by atoms with Gasteiger partial charge in [0.1, 0.15) is 23.7 Å². The van der Waals surface area contributed by atoms with Crippen molar-refractivity contribution < 1.29 is 23.5 Å². The second-order valence-electron chi connectivity index (χ2n) is 9.39. The van der Waals surface area contributed by atoms with Gasteiger partial charge in [-0.2, -0.15) is 5.26 Å². The molecule has 32 heavy (non-hydrogen) atoms. The Labute approximate surface area is 186 Å². The van der Waals surface area contributed by atoms with Crippen LogP contribution in [0.15, 0.2) is 24.3 Å². The SMILES string of the molecule is CC1(C)[C@@H]2[C@@H](C(=O)N[C@H](C#N)C[C@@H]3CCNC3=O)N(C(=O)COc3ccc(F)cc3)C[C@@H]21. The fourth-order valence-electron chi connectivity index (χ4n) is 5.16. The maximum absolute atomic E-state index is 13.2. The summed E-state index contributed by atoms with van der Waals surface area (Å²) in [6.07, 6.45) is 0.888. The Morgan fingerprint density at radius 2 is 2.09 bits per heavy atom. The monoisotopic (exact) mass is 442 g/mol. The van der Waals surface area contributed by atoms with Gasteiger partial charge in [0.15, 0.2) is 6.61 Å². The van der Waals surface area contributed by atoms with Crippen LogP contribution in [0.5, 0.6) is 5.75 Å². The molecular weight excluding hydrogens is 415 g/mol. The molecule has 4 rings (SSSR count). The van der Waals surface area contributed by atoms with Crippen LogP contribution in [0.1, 0.15) is 26.7 Å². The van der Waals surface area contributed by atoms with Gasteiger partial charge >= 0.3 is 0 Å². The maximum atomic E-state index is 13.2. The van der Waals surface area contributed by atoms with Gasteiger partial charge in [-0.05, 0) is 54.4 Å². The molecule has 2 saturated heterocycles. The van der Waals surface area contributed by atoms with Crippen molar-refractivity contribution in [3.05, 3.63) is 30.1 Å². The summed E-state index contributed by atoms with van der Waals surface area (Å²) >= 11 is 0. The highest BCUT2D eigenvalue weighted by molar-refractivity contribution is 5.90.